The molecular weight excluding hydrogens is 352 g/mol. The van der Waals surface area contributed by atoms with Gasteiger partial charge in [0.1, 0.15) is 5.70 Å². The van der Waals surface area contributed by atoms with E-state index in [0.29, 0.717) is 29.7 Å². The third kappa shape index (κ3) is 2.61. The molecule has 134 valence electrons. The maximum Gasteiger partial charge on any atom is 0.272 e. The lowest BCUT2D eigenvalue weighted by Gasteiger charge is -2.24. The van der Waals surface area contributed by atoms with Crippen LogP contribution in [0.25, 0.3) is 0 Å². The van der Waals surface area contributed by atoms with E-state index in [0.717, 1.165) is 12.6 Å². The first kappa shape index (κ1) is 16.8. The summed E-state index contributed by atoms with van der Waals surface area (Å²) in [5.74, 6) is -0.272. The summed E-state index contributed by atoms with van der Waals surface area (Å²) in [4.78, 5) is 26.8. The number of hydrogen-bond acceptors (Lipinski definition) is 4. The zero-order chi connectivity index (χ0) is 18.5. The minimum atomic E-state index is -0.403. The molecule has 2 atom stereocenters. The molecule has 4 rings (SSSR count). The number of carbonyl (C=O) groups is 2. The van der Waals surface area contributed by atoms with Crippen molar-refractivity contribution in [1.29, 1.82) is 5.41 Å². The fourth-order valence-electron chi connectivity index (χ4n) is 4.00. The van der Waals surface area contributed by atoms with Crippen molar-refractivity contribution >= 4 is 29.6 Å². The fourth-order valence-corrected chi connectivity index (χ4v) is 4.13. The van der Waals surface area contributed by atoms with E-state index in [-0.39, 0.29) is 22.6 Å². The SMILES string of the molecule is CC1=CNC(=O)/C(=C(/C=N)C(=O)N2CC3CC3(c3ccc(Cl)cc3)C2)N1. The molecule has 7 heteroatoms. The molecule has 3 N–H and O–H groups in total. The van der Waals surface area contributed by atoms with Crippen molar-refractivity contribution in [3.8, 4) is 0 Å². The van der Waals surface area contributed by atoms with E-state index in [1.165, 1.54) is 5.56 Å². The number of nitrogens with one attached hydrogen (secondary N) is 3. The second-order valence-electron chi connectivity index (χ2n) is 7.11. The monoisotopic (exact) mass is 370 g/mol. The van der Waals surface area contributed by atoms with Gasteiger partial charge in [-0.05, 0) is 37.0 Å². The highest BCUT2D eigenvalue weighted by molar-refractivity contribution is 6.30. The molecule has 1 aromatic rings. The molecule has 2 aliphatic heterocycles. The van der Waals surface area contributed by atoms with E-state index in [4.69, 9.17) is 17.0 Å². The number of likely N-dealkylation sites (tertiary alicyclic amines) is 1. The van der Waals surface area contributed by atoms with Crippen molar-refractivity contribution in [2.24, 2.45) is 5.92 Å². The van der Waals surface area contributed by atoms with Crippen LogP contribution in [0, 0.1) is 11.3 Å². The molecule has 0 spiro atoms. The van der Waals surface area contributed by atoms with E-state index in [1.54, 1.807) is 18.0 Å². The van der Waals surface area contributed by atoms with Crippen LogP contribution in [0.15, 0.2) is 47.4 Å². The van der Waals surface area contributed by atoms with Gasteiger partial charge < -0.3 is 20.9 Å². The molecule has 2 fully saturated rings. The molecule has 1 saturated heterocycles. The molecule has 1 saturated carbocycles. The summed E-state index contributed by atoms with van der Waals surface area (Å²) in [7, 11) is 0. The number of rotatable bonds is 3. The van der Waals surface area contributed by atoms with Gasteiger partial charge in [0.05, 0.1) is 5.57 Å². The lowest BCUT2D eigenvalue weighted by atomic mass is 9.95. The molecule has 26 heavy (non-hydrogen) atoms. The van der Waals surface area contributed by atoms with Gasteiger partial charge in [-0.1, -0.05) is 23.7 Å². The number of halogens is 1. The van der Waals surface area contributed by atoms with Crippen LogP contribution >= 0.6 is 11.6 Å². The number of benzene rings is 1. The van der Waals surface area contributed by atoms with Gasteiger partial charge in [0.25, 0.3) is 11.8 Å². The maximum atomic E-state index is 13.0. The zero-order valence-electron chi connectivity index (χ0n) is 14.3. The lowest BCUT2D eigenvalue weighted by Crippen LogP contribution is -2.40. The fraction of sp³-hybridized carbons (Fsp3) is 0.316. The first-order valence-electron chi connectivity index (χ1n) is 8.49. The van der Waals surface area contributed by atoms with Gasteiger partial charge in [-0.3, -0.25) is 9.59 Å². The number of nitrogens with zero attached hydrogens (tertiary/aromatic N) is 1. The van der Waals surface area contributed by atoms with E-state index < -0.39 is 5.91 Å². The van der Waals surface area contributed by atoms with Crippen molar-refractivity contribution in [2.45, 2.75) is 18.8 Å². The minimum absolute atomic E-state index is 0.0177. The number of hydrogen-bond donors (Lipinski definition) is 3. The molecule has 0 bridgehead atoms. The Kier molecular flexibility index (Phi) is 3.88. The first-order chi connectivity index (χ1) is 12.4. The van der Waals surface area contributed by atoms with Crippen LogP contribution in [-0.4, -0.2) is 36.0 Å². The standard InChI is InChI=1S/C19H19ClN4O2/c1-11-8-22-17(25)16(23-11)15(7-21)18(26)24-9-13-6-19(13,10-24)12-2-4-14(20)5-3-12/h2-5,7-8,13,21,23H,6,9-10H2,1H3,(H,22,25)/b16-15+,21-7?. The van der Waals surface area contributed by atoms with Crippen molar-refractivity contribution < 1.29 is 9.59 Å². The van der Waals surface area contributed by atoms with Crippen molar-refractivity contribution in [3.63, 3.8) is 0 Å². The highest BCUT2D eigenvalue weighted by atomic mass is 35.5. The van der Waals surface area contributed by atoms with Gasteiger partial charge in [0.2, 0.25) is 0 Å². The Hall–Kier alpha value is -2.60. The highest BCUT2D eigenvalue weighted by Crippen LogP contribution is 2.59. The molecule has 0 aromatic heterocycles. The second kappa shape index (κ2) is 5.99. The van der Waals surface area contributed by atoms with Crippen LogP contribution in [-0.2, 0) is 15.0 Å². The normalized spacial score (nSPS) is 28.5. The predicted molar refractivity (Wildman–Crippen MR) is 98.7 cm³/mol. The Morgan fingerprint density at radius 2 is 2.12 bits per heavy atom. The smallest absolute Gasteiger partial charge is 0.272 e. The van der Waals surface area contributed by atoms with Crippen LogP contribution < -0.4 is 10.6 Å². The average Bonchev–Trinajstić information content (AvgIpc) is 3.20. The summed E-state index contributed by atoms with van der Waals surface area (Å²) in [6.45, 7) is 3.02. The molecule has 3 aliphatic rings. The molecule has 2 heterocycles. The highest BCUT2D eigenvalue weighted by Gasteiger charge is 2.61. The van der Waals surface area contributed by atoms with Crippen molar-refractivity contribution in [2.75, 3.05) is 13.1 Å². The topological polar surface area (TPSA) is 85.3 Å². The molecule has 1 aliphatic carbocycles. The number of allylic oxidation sites excluding steroid dienone is 1. The summed E-state index contributed by atoms with van der Waals surface area (Å²) in [5, 5.41) is 13.9. The van der Waals surface area contributed by atoms with Crippen LogP contribution in [0.3, 0.4) is 0 Å². The Bertz CT molecular complexity index is 874. The summed E-state index contributed by atoms with van der Waals surface area (Å²) in [6.07, 6.45) is 3.55. The molecule has 2 unspecified atom stereocenters. The van der Waals surface area contributed by atoms with Crippen LogP contribution in [0.5, 0.6) is 0 Å². The lowest BCUT2D eigenvalue weighted by molar-refractivity contribution is -0.126. The van der Waals surface area contributed by atoms with Gasteiger partial charge in [-0.2, -0.15) is 0 Å². The number of fused-ring (bicyclic) bond motifs is 1. The molecule has 1 aromatic carbocycles. The van der Waals surface area contributed by atoms with Crippen molar-refractivity contribution in [1.82, 2.24) is 15.5 Å². The molecule has 6 nitrogen and oxygen atoms in total. The third-order valence-electron chi connectivity index (χ3n) is 5.47. The van der Waals surface area contributed by atoms with E-state index in [9.17, 15) is 9.59 Å². The number of piperidine rings is 1. The predicted octanol–water partition coefficient (Wildman–Crippen LogP) is 1.92. The maximum absolute atomic E-state index is 13.0. The van der Waals surface area contributed by atoms with E-state index in [2.05, 4.69) is 10.6 Å². The molecular formula is C19H19ClN4O2. The zero-order valence-corrected chi connectivity index (χ0v) is 15.1. The quantitative estimate of drug-likeness (QED) is 0.561. The average molecular weight is 371 g/mol. The second-order valence-corrected chi connectivity index (χ2v) is 7.55. The summed E-state index contributed by atoms with van der Waals surface area (Å²) in [6, 6.07) is 7.80. The van der Waals surface area contributed by atoms with Gasteiger partial charge in [-0.15, -0.1) is 0 Å². The van der Waals surface area contributed by atoms with Gasteiger partial charge in [0, 0.05) is 41.6 Å². The van der Waals surface area contributed by atoms with Gasteiger partial charge in [0.15, 0.2) is 0 Å². The Labute approximate surface area is 156 Å². The number of amides is 2. The molecule has 0 radical (unpaired) electrons. The van der Waals surface area contributed by atoms with Crippen LogP contribution in [0.4, 0.5) is 0 Å². The Balaban J connectivity index is 1.58. The largest absolute Gasteiger partial charge is 0.353 e. The van der Waals surface area contributed by atoms with Gasteiger partial charge >= 0.3 is 0 Å². The first-order valence-corrected chi connectivity index (χ1v) is 8.87. The molecule has 2 amide bonds. The van der Waals surface area contributed by atoms with Crippen LogP contribution in [0.1, 0.15) is 18.9 Å². The Morgan fingerprint density at radius 1 is 1.38 bits per heavy atom. The minimum Gasteiger partial charge on any atom is -0.353 e. The van der Waals surface area contributed by atoms with Gasteiger partial charge in [-0.25, -0.2) is 0 Å². The Morgan fingerprint density at radius 3 is 2.81 bits per heavy atom. The van der Waals surface area contributed by atoms with E-state index >= 15 is 0 Å². The summed E-state index contributed by atoms with van der Waals surface area (Å²) in [5.41, 5.74) is 2.11. The van der Waals surface area contributed by atoms with Crippen LogP contribution in [0.2, 0.25) is 5.02 Å². The van der Waals surface area contributed by atoms with Crippen molar-refractivity contribution in [3.05, 3.63) is 58.0 Å². The van der Waals surface area contributed by atoms with E-state index in [1.807, 2.05) is 24.3 Å². The summed E-state index contributed by atoms with van der Waals surface area (Å²) >= 11 is 5.98. The number of carbonyl (C=O) groups excluding carboxylic acids is 2. The summed E-state index contributed by atoms with van der Waals surface area (Å²) < 4.78 is 0. The third-order valence-corrected chi connectivity index (χ3v) is 5.72.